The quantitative estimate of drug-likeness (QED) is 0.856. The van der Waals surface area contributed by atoms with E-state index in [0.29, 0.717) is 12.1 Å². The van der Waals surface area contributed by atoms with E-state index in [1.54, 1.807) is 6.92 Å². The Balaban J connectivity index is 1.57. The zero-order valence-corrected chi connectivity index (χ0v) is 13.5. The van der Waals surface area contributed by atoms with Crippen LogP contribution in [-0.4, -0.2) is 50.5 Å². The predicted molar refractivity (Wildman–Crippen MR) is 83.0 cm³/mol. The molecule has 1 atom stereocenters. The lowest BCUT2D eigenvalue weighted by atomic mass is 9.89. The van der Waals surface area contributed by atoms with Gasteiger partial charge in [-0.2, -0.15) is 0 Å². The van der Waals surface area contributed by atoms with Crippen molar-refractivity contribution in [2.75, 3.05) is 13.1 Å². The number of likely N-dealkylation sites (tertiary alicyclic amines) is 1. The van der Waals surface area contributed by atoms with E-state index in [-0.39, 0.29) is 5.91 Å². The van der Waals surface area contributed by atoms with E-state index < -0.39 is 0 Å². The van der Waals surface area contributed by atoms with Crippen LogP contribution in [0, 0.1) is 0 Å². The summed E-state index contributed by atoms with van der Waals surface area (Å²) in [6.07, 6.45) is 7.08. The normalized spacial score (nSPS) is 24.3. The second-order valence-corrected chi connectivity index (χ2v) is 6.88. The van der Waals surface area contributed by atoms with Crippen LogP contribution >= 0.6 is 11.5 Å². The zero-order valence-electron chi connectivity index (χ0n) is 12.7. The van der Waals surface area contributed by atoms with Gasteiger partial charge in [0.05, 0.1) is 5.69 Å². The van der Waals surface area contributed by atoms with Crippen LogP contribution in [0.4, 0.5) is 0 Å². The van der Waals surface area contributed by atoms with Crippen molar-refractivity contribution in [2.24, 2.45) is 0 Å². The first-order valence-corrected chi connectivity index (χ1v) is 8.85. The fourth-order valence-electron chi connectivity index (χ4n) is 3.53. The Morgan fingerprint density at radius 2 is 2.05 bits per heavy atom. The molecule has 1 aromatic rings. The third-order valence-corrected chi connectivity index (χ3v) is 5.36. The highest BCUT2D eigenvalue weighted by Gasteiger charge is 2.33. The summed E-state index contributed by atoms with van der Waals surface area (Å²) in [5.41, 5.74) is 1.07. The number of rotatable bonds is 4. The highest BCUT2D eigenvalue weighted by molar-refractivity contribution is 7.03. The Morgan fingerprint density at radius 3 is 2.67 bits per heavy atom. The molecule has 0 N–H and O–H groups in total. The van der Waals surface area contributed by atoms with Crippen molar-refractivity contribution in [1.82, 2.24) is 19.4 Å². The SMILES string of the molecule is CC(=O)N(C1CCC1)[C@@H]1CCCN(Cc2csnn2)CC1. The van der Waals surface area contributed by atoms with Gasteiger partial charge in [0.2, 0.25) is 5.91 Å². The molecule has 6 heteroatoms. The molecule has 1 aliphatic heterocycles. The molecule has 1 aliphatic carbocycles. The standard InChI is InChI=1S/C15H24N4OS/c1-12(20)19(14-4-2-5-14)15-6-3-8-18(9-7-15)10-13-11-21-17-16-13/h11,14-15H,2-10H2,1H3/t15-/m1/s1. The summed E-state index contributed by atoms with van der Waals surface area (Å²) in [6, 6.07) is 0.952. The zero-order chi connectivity index (χ0) is 14.7. The molecule has 1 aromatic heterocycles. The topological polar surface area (TPSA) is 49.3 Å². The maximum atomic E-state index is 12.0. The van der Waals surface area contributed by atoms with Crippen molar-refractivity contribution in [3.63, 3.8) is 0 Å². The van der Waals surface area contributed by atoms with Crippen LogP contribution in [0.3, 0.4) is 0 Å². The lowest BCUT2D eigenvalue weighted by Gasteiger charge is -2.42. The molecule has 1 saturated heterocycles. The van der Waals surface area contributed by atoms with Crippen molar-refractivity contribution in [2.45, 2.75) is 64.1 Å². The Hall–Kier alpha value is -1.01. The van der Waals surface area contributed by atoms with Gasteiger partial charge in [-0.3, -0.25) is 9.69 Å². The second kappa shape index (κ2) is 6.83. The molecule has 0 radical (unpaired) electrons. The number of amides is 1. The van der Waals surface area contributed by atoms with Crippen LogP contribution in [-0.2, 0) is 11.3 Å². The van der Waals surface area contributed by atoms with Crippen LogP contribution in [0.25, 0.3) is 0 Å². The number of aromatic nitrogens is 2. The van der Waals surface area contributed by atoms with Gasteiger partial charge in [-0.05, 0) is 56.6 Å². The lowest BCUT2D eigenvalue weighted by Crippen LogP contribution is -2.49. The highest BCUT2D eigenvalue weighted by Crippen LogP contribution is 2.30. The van der Waals surface area contributed by atoms with E-state index >= 15 is 0 Å². The summed E-state index contributed by atoms with van der Waals surface area (Å²) in [5, 5.41) is 6.16. The molecule has 116 valence electrons. The first-order valence-electron chi connectivity index (χ1n) is 8.01. The average Bonchev–Trinajstić information content (AvgIpc) is 2.79. The molecule has 1 saturated carbocycles. The Bertz CT molecular complexity index is 460. The molecule has 0 bridgehead atoms. The van der Waals surface area contributed by atoms with Gasteiger partial charge in [0, 0.05) is 37.5 Å². The number of nitrogens with zero attached hydrogens (tertiary/aromatic N) is 4. The molecule has 0 aromatic carbocycles. The summed E-state index contributed by atoms with van der Waals surface area (Å²) < 4.78 is 3.93. The van der Waals surface area contributed by atoms with Crippen LogP contribution in [0.2, 0.25) is 0 Å². The van der Waals surface area contributed by atoms with Gasteiger partial charge in [-0.15, -0.1) is 5.10 Å². The Kier molecular flexibility index (Phi) is 4.85. The van der Waals surface area contributed by atoms with Gasteiger partial charge in [-0.25, -0.2) is 0 Å². The van der Waals surface area contributed by atoms with E-state index in [1.165, 1.54) is 37.2 Å². The third kappa shape index (κ3) is 3.61. The summed E-state index contributed by atoms with van der Waals surface area (Å²) in [6.45, 7) is 4.79. The van der Waals surface area contributed by atoms with Crippen molar-refractivity contribution in [3.8, 4) is 0 Å². The van der Waals surface area contributed by atoms with E-state index in [4.69, 9.17) is 0 Å². The third-order valence-electron chi connectivity index (χ3n) is 4.81. The van der Waals surface area contributed by atoms with Crippen LogP contribution in [0.1, 0.15) is 51.1 Å². The minimum absolute atomic E-state index is 0.266. The molecular formula is C15H24N4OS. The van der Waals surface area contributed by atoms with E-state index in [9.17, 15) is 4.79 Å². The van der Waals surface area contributed by atoms with E-state index in [0.717, 1.165) is 38.2 Å². The largest absolute Gasteiger partial charge is 0.337 e. The molecule has 2 aliphatic rings. The highest BCUT2D eigenvalue weighted by atomic mass is 32.1. The van der Waals surface area contributed by atoms with Crippen molar-refractivity contribution >= 4 is 17.4 Å². The van der Waals surface area contributed by atoms with Crippen molar-refractivity contribution in [1.29, 1.82) is 0 Å². The van der Waals surface area contributed by atoms with Gasteiger partial charge in [0.1, 0.15) is 0 Å². The van der Waals surface area contributed by atoms with Gasteiger partial charge in [-0.1, -0.05) is 4.49 Å². The summed E-state index contributed by atoms with van der Waals surface area (Å²) in [5.74, 6) is 0.266. The van der Waals surface area contributed by atoms with Gasteiger partial charge in [0.15, 0.2) is 0 Å². The fraction of sp³-hybridized carbons (Fsp3) is 0.800. The van der Waals surface area contributed by atoms with Gasteiger partial charge in [0.25, 0.3) is 0 Å². The first-order chi connectivity index (χ1) is 10.2. The number of carbonyl (C=O) groups is 1. The minimum atomic E-state index is 0.266. The molecule has 3 rings (SSSR count). The molecule has 2 fully saturated rings. The molecule has 0 spiro atoms. The molecule has 1 amide bonds. The lowest BCUT2D eigenvalue weighted by molar-refractivity contribution is -0.136. The van der Waals surface area contributed by atoms with Crippen LogP contribution in [0.5, 0.6) is 0 Å². The molecule has 21 heavy (non-hydrogen) atoms. The first kappa shape index (κ1) is 14.9. The smallest absolute Gasteiger partial charge is 0.219 e. The Morgan fingerprint density at radius 1 is 1.29 bits per heavy atom. The van der Waals surface area contributed by atoms with Crippen LogP contribution in [0.15, 0.2) is 5.38 Å². The van der Waals surface area contributed by atoms with Gasteiger partial charge >= 0.3 is 0 Å². The number of hydrogen-bond donors (Lipinski definition) is 0. The van der Waals surface area contributed by atoms with E-state index in [1.807, 2.05) is 5.38 Å². The number of hydrogen-bond acceptors (Lipinski definition) is 5. The molecule has 5 nitrogen and oxygen atoms in total. The van der Waals surface area contributed by atoms with Crippen molar-refractivity contribution < 1.29 is 4.79 Å². The molecule has 2 heterocycles. The number of carbonyl (C=O) groups excluding carboxylic acids is 1. The average molecular weight is 308 g/mol. The predicted octanol–water partition coefficient (Wildman–Crippen LogP) is 2.29. The minimum Gasteiger partial charge on any atom is -0.337 e. The van der Waals surface area contributed by atoms with Crippen LogP contribution < -0.4 is 0 Å². The maximum absolute atomic E-state index is 12.0. The summed E-state index contributed by atoms with van der Waals surface area (Å²) in [7, 11) is 0. The summed E-state index contributed by atoms with van der Waals surface area (Å²) >= 11 is 1.42. The summed E-state index contributed by atoms with van der Waals surface area (Å²) in [4.78, 5) is 16.7. The van der Waals surface area contributed by atoms with E-state index in [2.05, 4.69) is 19.4 Å². The second-order valence-electron chi connectivity index (χ2n) is 6.27. The fourth-order valence-corrected chi connectivity index (χ4v) is 3.98. The van der Waals surface area contributed by atoms with Gasteiger partial charge < -0.3 is 4.90 Å². The Labute approximate surface area is 130 Å². The monoisotopic (exact) mass is 308 g/mol. The maximum Gasteiger partial charge on any atom is 0.219 e. The molecule has 0 unspecified atom stereocenters. The van der Waals surface area contributed by atoms with Crippen molar-refractivity contribution in [3.05, 3.63) is 11.1 Å². The molecular weight excluding hydrogens is 284 g/mol.